The molecule has 86 valence electrons. The molecular formula is C13H17NO2. The zero-order valence-electron chi connectivity index (χ0n) is 9.69. The number of aryl methyl sites for hydroxylation is 1. The number of amides is 1. The third-order valence-electron chi connectivity index (χ3n) is 3.07. The Bertz CT molecular complexity index is 412. The molecule has 0 saturated carbocycles. The standard InChI is InChI=1S/C13H17NO2/c1-8(2)11-5-3-9-7-10(13(14)15)4-6-12(9)16-11/h4,6-8,11H,3,5H2,1-2H3,(H2,14,15). The Labute approximate surface area is 95.6 Å². The van der Waals surface area contributed by atoms with Gasteiger partial charge in [-0.3, -0.25) is 4.79 Å². The average Bonchev–Trinajstić information content (AvgIpc) is 2.27. The van der Waals surface area contributed by atoms with Crippen molar-refractivity contribution in [1.82, 2.24) is 0 Å². The van der Waals surface area contributed by atoms with E-state index in [1.54, 1.807) is 6.07 Å². The third-order valence-corrected chi connectivity index (χ3v) is 3.07. The minimum absolute atomic E-state index is 0.284. The van der Waals surface area contributed by atoms with E-state index in [0.29, 0.717) is 11.5 Å². The van der Waals surface area contributed by atoms with Gasteiger partial charge in [-0.05, 0) is 42.5 Å². The van der Waals surface area contributed by atoms with Crippen LogP contribution < -0.4 is 10.5 Å². The summed E-state index contributed by atoms with van der Waals surface area (Å²) >= 11 is 0. The molecule has 3 nitrogen and oxygen atoms in total. The van der Waals surface area contributed by atoms with Crippen molar-refractivity contribution in [1.29, 1.82) is 0 Å². The molecule has 0 aliphatic carbocycles. The van der Waals surface area contributed by atoms with E-state index in [1.165, 1.54) is 0 Å². The largest absolute Gasteiger partial charge is 0.490 e. The lowest BCUT2D eigenvalue weighted by Gasteiger charge is -2.28. The maximum Gasteiger partial charge on any atom is 0.248 e. The number of carbonyl (C=O) groups excluding carboxylic acids is 1. The van der Waals surface area contributed by atoms with E-state index in [9.17, 15) is 4.79 Å². The molecule has 1 aromatic carbocycles. The van der Waals surface area contributed by atoms with Crippen LogP contribution in [0.5, 0.6) is 5.75 Å². The van der Waals surface area contributed by atoms with Gasteiger partial charge in [-0.2, -0.15) is 0 Å². The van der Waals surface area contributed by atoms with Gasteiger partial charge in [-0.1, -0.05) is 13.8 Å². The first-order chi connectivity index (χ1) is 7.58. The predicted octanol–water partition coefficient (Wildman–Crippen LogP) is 2.14. The average molecular weight is 219 g/mol. The molecule has 16 heavy (non-hydrogen) atoms. The smallest absolute Gasteiger partial charge is 0.248 e. The van der Waals surface area contributed by atoms with Gasteiger partial charge in [0.2, 0.25) is 5.91 Å². The van der Waals surface area contributed by atoms with Crippen molar-refractivity contribution in [3.63, 3.8) is 0 Å². The van der Waals surface area contributed by atoms with E-state index in [4.69, 9.17) is 10.5 Å². The van der Waals surface area contributed by atoms with Crippen molar-refractivity contribution >= 4 is 5.91 Å². The molecule has 0 fully saturated rings. The van der Waals surface area contributed by atoms with Gasteiger partial charge < -0.3 is 10.5 Å². The van der Waals surface area contributed by atoms with Crippen LogP contribution in [0, 0.1) is 5.92 Å². The Morgan fingerprint density at radius 1 is 1.50 bits per heavy atom. The Balaban J connectivity index is 2.25. The number of rotatable bonds is 2. The van der Waals surface area contributed by atoms with Gasteiger partial charge in [0, 0.05) is 5.56 Å². The summed E-state index contributed by atoms with van der Waals surface area (Å²) in [6, 6.07) is 5.42. The Morgan fingerprint density at radius 3 is 2.88 bits per heavy atom. The molecule has 1 heterocycles. The van der Waals surface area contributed by atoms with Crippen molar-refractivity contribution in [2.45, 2.75) is 32.8 Å². The zero-order chi connectivity index (χ0) is 11.7. The monoisotopic (exact) mass is 219 g/mol. The second kappa shape index (κ2) is 4.16. The van der Waals surface area contributed by atoms with Crippen molar-refractivity contribution in [3.8, 4) is 5.75 Å². The fraction of sp³-hybridized carbons (Fsp3) is 0.462. The van der Waals surface area contributed by atoms with Gasteiger partial charge in [0.25, 0.3) is 0 Å². The summed E-state index contributed by atoms with van der Waals surface area (Å²) in [5.41, 5.74) is 6.89. The summed E-state index contributed by atoms with van der Waals surface area (Å²) in [7, 11) is 0. The second-order valence-electron chi connectivity index (χ2n) is 4.63. The molecule has 0 aromatic heterocycles. The van der Waals surface area contributed by atoms with Crippen LogP contribution in [0.15, 0.2) is 18.2 Å². The van der Waals surface area contributed by atoms with Gasteiger partial charge in [-0.15, -0.1) is 0 Å². The van der Waals surface area contributed by atoms with Gasteiger partial charge >= 0.3 is 0 Å². The summed E-state index contributed by atoms with van der Waals surface area (Å²) in [5.74, 6) is 1.03. The minimum Gasteiger partial charge on any atom is -0.490 e. The number of ether oxygens (including phenoxy) is 1. The number of benzene rings is 1. The normalized spacial score (nSPS) is 19.1. The fourth-order valence-electron chi connectivity index (χ4n) is 2.03. The van der Waals surface area contributed by atoms with Crippen LogP contribution in [0.3, 0.4) is 0 Å². The lowest BCUT2D eigenvalue weighted by Crippen LogP contribution is -2.28. The van der Waals surface area contributed by atoms with Crippen molar-refractivity contribution < 1.29 is 9.53 Å². The molecule has 1 atom stereocenters. The highest BCUT2D eigenvalue weighted by molar-refractivity contribution is 5.93. The third kappa shape index (κ3) is 2.03. The number of carbonyl (C=O) groups is 1. The van der Waals surface area contributed by atoms with Gasteiger partial charge in [0.05, 0.1) is 0 Å². The molecule has 1 amide bonds. The van der Waals surface area contributed by atoms with E-state index < -0.39 is 0 Å². The topological polar surface area (TPSA) is 52.3 Å². The van der Waals surface area contributed by atoms with E-state index in [0.717, 1.165) is 24.2 Å². The number of nitrogens with two attached hydrogens (primary N) is 1. The molecule has 2 rings (SSSR count). The summed E-state index contributed by atoms with van der Waals surface area (Å²) in [6.07, 6.45) is 2.25. The number of primary amides is 1. The molecule has 2 N–H and O–H groups in total. The molecule has 0 bridgehead atoms. The van der Waals surface area contributed by atoms with E-state index in [1.807, 2.05) is 12.1 Å². The predicted molar refractivity (Wildman–Crippen MR) is 62.5 cm³/mol. The van der Waals surface area contributed by atoms with Crippen molar-refractivity contribution in [2.75, 3.05) is 0 Å². The SMILES string of the molecule is CC(C)C1CCc2cc(C(N)=O)ccc2O1. The van der Waals surface area contributed by atoms with Gasteiger partial charge in [-0.25, -0.2) is 0 Å². The summed E-state index contributed by atoms with van der Waals surface area (Å²) in [4.78, 5) is 11.0. The van der Waals surface area contributed by atoms with Crippen LogP contribution in [-0.4, -0.2) is 12.0 Å². The first-order valence-electron chi connectivity index (χ1n) is 5.67. The van der Waals surface area contributed by atoms with E-state index >= 15 is 0 Å². The van der Waals surface area contributed by atoms with E-state index in [2.05, 4.69) is 13.8 Å². The quantitative estimate of drug-likeness (QED) is 0.828. The molecular weight excluding hydrogens is 202 g/mol. The highest BCUT2D eigenvalue weighted by atomic mass is 16.5. The Morgan fingerprint density at radius 2 is 2.25 bits per heavy atom. The Hall–Kier alpha value is -1.51. The molecule has 0 saturated heterocycles. The summed E-state index contributed by atoms with van der Waals surface area (Å²) < 4.78 is 5.88. The fourth-order valence-corrected chi connectivity index (χ4v) is 2.03. The maximum absolute atomic E-state index is 11.0. The van der Waals surface area contributed by atoms with Gasteiger partial charge in [0.1, 0.15) is 11.9 Å². The highest BCUT2D eigenvalue weighted by Gasteiger charge is 2.22. The molecule has 3 heteroatoms. The molecule has 0 spiro atoms. The van der Waals surface area contributed by atoms with Crippen LogP contribution in [0.25, 0.3) is 0 Å². The lowest BCUT2D eigenvalue weighted by atomic mass is 9.94. The minimum atomic E-state index is -0.381. The number of fused-ring (bicyclic) bond motifs is 1. The maximum atomic E-state index is 11.0. The van der Waals surface area contributed by atoms with Gasteiger partial charge in [0.15, 0.2) is 0 Å². The zero-order valence-corrected chi connectivity index (χ0v) is 9.69. The molecule has 0 radical (unpaired) electrons. The highest BCUT2D eigenvalue weighted by Crippen LogP contribution is 2.30. The number of hydrogen-bond acceptors (Lipinski definition) is 2. The van der Waals surface area contributed by atoms with Crippen LogP contribution in [-0.2, 0) is 6.42 Å². The molecule has 1 aliphatic rings. The Kier molecular flexibility index (Phi) is 2.86. The van der Waals surface area contributed by atoms with Crippen LogP contribution >= 0.6 is 0 Å². The van der Waals surface area contributed by atoms with Crippen LogP contribution in [0.2, 0.25) is 0 Å². The number of hydrogen-bond donors (Lipinski definition) is 1. The summed E-state index contributed by atoms with van der Waals surface area (Å²) in [6.45, 7) is 4.32. The first kappa shape index (κ1) is 11.0. The van der Waals surface area contributed by atoms with Crippen molar-refractivity contribution in [2.24, 2.45) is 11.7 Å². The van der Waals surface area contributed by atoms with Crippen LogP contribution in [0.1, 0.15) is 36.2 Å². The first-order valence-corrected chi connectivity index (χ1v) is 5.67. The van der Waals surface area contributed by atoms with Crippen molar-refractivity contribution in [3.05, 3.63) is 29.3 Å². The van der Waals surface area contributed by atoms with E-state index in [-0.39, 0.29) is 12.0 Å². The molecule has 1 aliphatic heterocycles. The molecule has 1 aromatic rings. The van der Waals surface area contributed by atoms with Crippen LogP contribution in [0.4, 0.5) is 0 Å². The second-order valence-corrected chi connectivity index (χ2v) is 4.63. The summed E-state index contributed by atoms with van der Waals surface area (Å²) in [5, 5.41) is 0. The lowest BCUT2D eigenvalue weighted by molar-refractivity contribution is 0.0999. The molecule has 1 unspecified atom stereocenters.